The van der Waals surface area contributed by atoms with Crippen molar-refractivity contribution in [3.63, 3.8) is 0 Å². The lowest BCUT2D eigenvalue weighted by Gasteiger charge is -2.25. The van der Waals surface area contributed by atoms with Crippen LogP contribution in [0.4, 0.5) is 0 Å². The van der Waals surface area contributed by atoms with Crippen molar-refractivity contribution in [1.82, 2.24) is 0 Å². The fourth-order valence-electron chi connectivity index (χ4n) is 1.84. The Bertz CT molecular complexity index is 167. The van der Waals surface area contributed by atoms with Gasteiger partial charge in [-0.3, -0.25) is 4.79 Å². The maximum atomic E-state index is 11.1. The molecule has 2 atom stereocenters. The van der Waals surface area contributed by atoms with Gasteiger partial charge < -0.3 is 0 Å². The number of carbonyl (C=O) groups excluding carboxylic acids is 1. The number of rotatable bonds is 4. The first-order valence-electron chi connectivity index (χ1n) is 5.35. The van der Waals surface area contributed by atoms with Crippen LogP contribution in [0.2, 0.25) is 0 Å². The van der Waals surface area contributed by atoms with Crippen LogP contribution >= 0.6 is 11.8 Å². The summed E-state index contributed by atoms with van der Waals surface area (Å²) >= 11 is 1.88. The Morgan fingerprint density at radius 1 is 1.46 bits per heavy atom. The lowest BCUT2D eigenvalue weighted by molar-refractivity contribution is -0.116. The zero-order chi connectivity index (χ0) is 9.68. The van der Waals surface area contributed by atoms with Crippen LogP contribution in [0.5, 0.6) is 0 Å². The maximum Gasteiger partial charge on any atom is 0.142 e. The van der Waals surface area contributed by atoms with Crippen LogP contribution in [-0.2, 0) is 4.79 Å². The highest BCUT2D eigenvalue weighted by Crippen LogP contribution is 2.31. The largest absolute Gasteiger partial charge is 0.299 e. The fraction of sp³-hybridized carbons (Fsp3) is 0.909. The zero-order valence-electron chi connectivity index (χ0n) is 8.71. The second kappa shape index (κ2) is 5.69. The van der Waals surface area contributed by atoms with Gasteiger partial charge in [-0.1, -0.05) is 26.7 Å². The van der Waals surface area contributed by atoms with Crippen LogP contribution in [0, 0.1) is 5.92 Å². The molecule has 1 nitrogen and oxygen atoms in total. The normalized spacial score (nSPS) is 28.8. The topological polar surface area (TPSA) is 17.1 Å². The third kappa shape index (κ3) is 4.17. The number of hydrogen-bond acceptors (Lipinski definition) is 2. The summed E-state index contributed by atoms with van der Waals surface area (Å²) in [4.78, 5) is 11.1. The van der Waals surface area contributed by atoms with E-state index in [0.29, 0.717) is 12.2 Å². The van der Waals surface area contributed by atoms with Gasteiger partial charge in [0.25, 0.3) is 0 Å². The summed E-state index contributed by atoms with van der Waals surface area (Å²) in [6.45, 7) is 4.28. The second-order valence-electron chi connectivity index (χ2n) is 4.10. The van der Waals surface area contributed by atoms with E-state index in [1.54, 1.807) is 0 Å². The average Bonchev–Trinajstić information content (AvgIpc) is 2.14. The third-order valence-electron chi connectivity index (χ3n) is 2.76. The molecular weight excluding hydrogens is 180 g/mol. The van der Waals surface area contributed by atoms with Crippen molar-refractivity contribution >= 4 is 17.5 Å². The molecule has 0 amide bonds. The highest BCUT2D eigenvalue weighted by atomic mass is 32.2. The minimum atomic E-state index is 0.406. The SMILES string of the molecule is CCC(=O)CSC1CCCC(C)C1. The molecule has 0 aromatic rings. The molecule has 1 fully saturated rings. The van der Waals surface area contributed by atoms with Crippen LogP contribution in [0.25, 0.3) is 0 Å². The Kier molecular flexibility index (Phi) is 4.86. The first-order valence-corrected chi connectivity index (χ1v) is 6.40. The van der Waals surface area contributed by atoms with Crippen molar-refractivity contribution in [2.24, 2.45) is 5.92 Å². The standard InChI is InChI=1S/C11H20OS/c1-3-10(12)8-13-11-6-4-5-9(2)7-11/h9,11H,3-8H2,1-2H3. The summed E-state index contributed by atoms with van der Waals surface area (Å²) < 4.78 is 0. The van der Waals surface area contributed by atoms with E-state index in [-0.39, 0.29) is 0 Å². The van der Waals surface area contributed by atoms with E-state index < -0.39 is 0 Å². The van der Waals surface area contributed by atoms with Gasteiger partial charge in [0, 0.05) is 11.7 Å². The van der Waals surface area contributed by atoms with Gasteiger partial charge >= 0.3 is 0 Å². The summed E-state index contributed by atoms with van der Waals surface area (Å²) in [6.07, 6.45) is 6.10. The minimum absolute atomic E-state index is 0.406. The Morgan fingerprint density at radius 2 is 2.23 bits per heavy atom. The zero-order valence-corrected chi connectivity index (χ0v) is 9.53. The molecule has 0 bridgehead atoms. The van der Waals surface area contributed by atoms with Crippen molar-refractivity contribution in [2.45, 2.75) is 51.2 Å². The van der Waals surface area contributed by atoms with E-state index in [9.17, 15) is 4.79 Å². The molecule has 0 saturated heterocycles. The van der Waals surface area contributed by atoms with Crippen molar-refractivity contribution in [1.29, 1.82) is 0 Å². The van der Waals surface area contributed by atoms with E-state index in [4.69, 9.17) is 0 Å². The van der Waals surface area contributed by atoms with Crippen molar-refractivity contribution < 1.29 is 4.79 Å². The van der Waals surface area contributed by atoms with Gasteiger partial charge in [0.1, 0.15) is 5.78 Å². The second-order valence-corrected chi connectivity index (χ2v) is 5.39. The first kappa shape index (κ1) is 11.1. The third-order valence-corrected chi connectivity index (χ3v) is 4.15. The predicted molar refractivity (Wildman–Crippen MR) is 59.2 cm³/mol. The van der Waals surface area contributed by atoms with Crippen LogP contribution in [-0.4, -0.2) is 16.8 Å². The molecule has 1 saturated carbocycles. The molecule has 2 unspecified atom stereocenters. The summed E-state index contributed by atoms with van der Waals surface area (Å²) in [6, 6.07) is 0. The van der Waals surface area contributed by atoms with Gasteiger partial charge in [-0.2, -0.15) is 11.8 Å². The summed E-state index contributed by atoms with van der Waals surface area (Å²) in [5, 5.41) is 0.763. The summed E-state index contributed by atoms with van der Waals surface area (Å²) in [5.74, 6) is 2.03. The van der Waals surface area contributed by atoms with E-state index in [0.717, 1.165) is 16.9 Å². The smallest absolute Gasteiger partial charge is 0.142 e. The number of thioether (sulfide) groups is 1. The van der Waals surface area contributed by atoms with Gasteiger partial charge in [0.05, 0.1) is 5.75 Å². The summed E-state index contributed by atoms with van der Waals surface area (Å²) in [5.41, 5.74) is 0. The molecule has 13 heavy (non-hydrogen) atoms. The Labute approximate surface area is 85.7 Å². The van der Waals surface area contributed by atoms with E-state index in [1.807, 2.05) is 18.7 Å². The fourth-order valence-corrected chi connectivity index (χ4v) is 3.27. The van der Waals surface area contributed by atoms with E-state index in [1.165, 1.54) is 25.7 Å². The molecule has 1 aliphatic rings. The average molecular weight is 200 g/mol. The predicted octanol–water partition coefficient (Wildman–Crippen LogP) is 3.28. The lowest BCUT2D eigenvalue weighted by atomic mass is 9.91. The Balaban J connectivity index is 2.17. The van der Waals surface area contributed by atoms with Gasteiger partial charge in [-0.05, 0) is 18.8 Å². The number of Topliss-reactive ketones (excluding diaryl/α,β-unsaturated/α-hetero) is 1. The van der Waals surface area contributed by atoms with Crippen LogP contribution in [0.15, 0.2) is 0 Å². The molecule has 0 N–H and O–H groups in total. The van der Waals surface area contributed by atoms with Crippen molar-refractivity contribution in [2.75, 3.05) is 5.75 Å². The number of carbonyl (C=O) groups is 1. The highest BCUT2D eigenvalue weighted by Gasteiger charge is 2.19. The maximum absolute atomic E-state index is 11.1. The Morgan fingerprint density at radius 3 is 2.85 bits per heavy atom. The molecule has 0 aromatic carbocycles. The quantitative estimate of drug-likeness (QED) is 0.693. The molecule has 0 radical (unpaired) electrons. The first-order chi connectivity index (χ1) is 6.22. The van der Waals surface area contributed by atoms with Gasteiger partial charge in [0.15, 0.2) is 0 Å². The van der Waals surface area contributed by atoms with Gasteiger partial charge in [-0.15, -0.1) is 0 Å². The van der Waals surface area contributed by atoms with Crippen LogP contribution in [0.3, 0.4) is 0 Å². The summed E-state index contributed by atoms with van der Waals surface area (Å²) in [7, 11) is 0. The molecule has 1 rings (SSSR count). The molecule has 0 aliphatic heterocycles. The van der Waals surface area contributed by atoms with Crippen LogP contribution in [0.1, 0.15) is 46.0 Å². The number of ketones is 1. The minimum Gasteiger partial charge on any atom is -0.299 e. The van der Waals surface area contributed by atoms with Gasteiger partial charge in [0.2, 0.25) is 0 Å². The Hall–Kier alpha value is 0.0200. The van der Waals surface area contributed by atoms with E-state index in [2.05, 4.69) is 6.92 Å². The van der Waals surface area contributed by atoms with Crippen molar-refractivity contribution in [3.8, 4) is 0 Å². The highest BCUT2D eigenvalue weighted by molar-refractivity contribution is 8.00. The van der Waals surface area contributed by atoms with Gasteiger partial charge in [-0.25, -0.2) is 0 Å². The molecule has 0 spiro atoms. The molecule has 76 valence electrons. The van der Waals surface area contributed by atoms with Crippen molar-refractivity contribution in [3.05, 3.63) is 0 Å². The molecule has 0 aromatic heterocycles. The molecular formula is C11H20OS. The molecule has 0 heterocycles. The number of hydrogen-bond donors (Lipinski definition) is 0. The van der Waals surface area contributed by atoms with E-state index >= 15 is 0 Å². The monoisotopic (exact) mass is 200 g/mol. The molecule has 1 aliphatic carbocycles. The van der Waals surface area contributed by atoms with Crippen LogP contribution < -0.4 is 0 Å². The lowest BCUT2D eigenvalue weighted by Crippen LogP contribution is -2.16. The molecule has 2 heteroatoms.